The summed E-state index contributed by atoms with van der Waals surface area (Å²) in [6.07, 6.45) is 5.94. The fourth-order valence-corrected chi connectivity index (χ4v) is 4.83. The summed E-state index contributed by atoms with van der Waals surface area (Å²) in [5, 5.41) is 0. The van der Waals surface area contributed by atoms with E-state index in [0.29, 0.717) is 18.8 Å². The highest BCUT2D eigenvalue weighted by atomic mass is 16.6. The van der Waals surface area contributed by atoms with Gasteiger partial charge in [0.05, 0.1) is 0 Å². The number of esters is 1. The molecular formula is C26H28O4. The molecule has 4 rings (SSSR count). The second-order valence-electron chi connectivity index (χ2n) is 8.56. The summed E-state index contributed by atoms with van der Waals surface area (Å²) in [6, 6.07) is 19.1. The number of ether oxygens (including phenoxy) is 1. The molecule has 3 unspecified atom stereocenters. The molecule has 1 aliphatic heterocycles. The van der Waals surface area contributed by atoms with Crippen LogP contribution in [0.25, 0.3) is 0 Å². The van der Waals surface area contributed by atoms with Crippen LogP contribution in [0.2, 0.25) is 0 Å². The smallest absolute Gasteiger partial charge is 0.325 e. The van der Waals surface area contributed by atoms with Crippen molar-refractivity contribution in [3.63, 3.8) is 0 Å². The molecule has 4 heteroatoms. The first-order chi connectivity index (χ1) is 14.6. The third kappa shape index (κ3) is 4.53. The van der Waals surface area contributed by atoms with Crippen LogP contribution < -0.4 is 0 Å². The fraction of sp³-hybridized carbons (Fsp3) is 0.423. The highest BCUT2D eigenvalue weighted by Gasteiger charge is 2.50. The maximum atomic E-state index is 13.5. The summed E-state index contributed by atoms with van der Waals surface area (Å²) < 4.78 is 5.44. The van der Waals surface area contributed by atoms with Gasteiger partial charge in [0.2, 0.25) is 0 Å². The highest BCUT2D eigenvalue weighted by molar-refractivity contribution is 6.23. The second kappa shape index (κ2) is 9.38. The van der Waals surface area contributed by atoms with Crippen molar-refractivity contribution in [1.82, 2.24) is 0 Å². The van der Waals surface area contributed by atoms with Crippen LogP contribution in [0.15, 0.2) is 60.7 Å². The van der Waals surface area contributed by atoms with Crippen LogP contribution in [-0.2, 0) is 25.5 Å². The van der Waals surface area contributed by atoms with E-state index in [4.69, 9.17) is 4.74 Å². The molecular weight excluding hydrogens is 376 g/mol. The minimum Gasteiger partial charge on any atom is -0.453 e. The van der Waals surface area contributed by atoms with Gasteiger partial charge in [-0.05, 0) is 29.9 Å². The summed E-state index contributed by atoms with van der Waals surface area (Å²) in [5.74, 6) is -2.80. The van der Waals surface area contributed by atoms with Gasteiger partial charge in [-0.25, -0.2) is 0 Å². The lowest BCUT2D eigenvalue weighted by Crippen LogP contribution is -2.33. The van der Waals surface area contributed by atoms with Crippen molar-refractivity contribution in [2.75, 3.05) is 0 Å². The number of hydrogen-bond donors (Lipinski definition) is 0. The van der Waals surface area contributed by atoms with E-state index in [1.807, 2.05) is 60.7 Å². The van der Waals surface area contributed by atoms with Crippen LogP contribution in [0.5, 0.6) is 0 Å². The summed E-state index contributed by atoms with van der Waals surface area (Å²) in [7, 11) is 0. The van der Waals surface area contributed by atoms with E-state index < -0.39 is 23.9 Å². The van der Waals surface area contributed by atoms with Gasteiger partial charge >= 0.3 is 5.97 Å². The summed E-state index contributed by atoms with van der Waals surface area (Å²) >= 11 is 0. The maximum Gasteiger partial charge on any atom is 0.325 e. The molecule has 0 bridgehead atoms. The van der Waals surface area contributed by atoms with Gasteiger partial charge < -0.3 is 4.74 Å². The lowest BCUT2D eigenvalue weighted by molar-refractivity contribution is -0.147. The molecule has 2 aromatic rings. The van der Waals surface area contributed by atoms with Crippen molar-refractivity contribution in [1.29, 1.82) is 0 Å². The average molecular weight is 405 g/mol. The van der Waals surface area contributed by atoms with E-state index in [0.717, 1.165) is 36.8 Å². The zero-order valence-electron chi connectivity index (χ0n) is 17.2. The van der Waals surface area contributed by atoms with Crippen molar-refractivity contribution in [3.05, 3.63) is 71.8 Å². The number of hydrogen-bond acceptors (Lipinski definition) is 4. The molecule has 0 radical (unpaired) electrons. The first-order valence-corrected chi connectivity index (χ1v) is 11.0. The van der Waals surface area contributed by atoms with Crippen LogP contribution in [-0.4, -0.2) is 23.6 Å². The van der Waals surface area contributed by atoms with E-state index in [-0.39, 0.29) is 11.6 Å². The molecule has 3 atom stereocenters. The minimum absolute atomic E-state index is 0.341. The Kier molecular flexibility index (Phi) is 6.41. The minimum atomic E-state index is -1.30. The molecule has 2 fully saturated rings. The third-order valence-electron chi connectivity index (χ3n) is 6.48. The Morgan fingerprint density at radius 3 is 2.20 bits per heavy atom. The Morgan fingerprint density at radius 2 is 1.53 bits per heavy atom. The Labute approximate surface area is 177 Å². The summed E-state index contributed by atoms with van der Waals surface area (Å²) in [5.41, 5.74) is 1.82. The number of rotatable bonds is 7. The molecule has 2 aliphatic rings. The van der Waals surface area contributed by atoms with E-state index in [2.05, 4.69) is 0 Å². The monoisotopic (exact) mass is 404 g/mol. The number of cyclic esters (lactones) is 1. The number of carbonyl (C=O) groups is 3. The normalized spacial score (nSPS) is 23.2. The number of Topliss-reactive ketones (excluding diaryl/α,β-unsaturated/α-hetero) is 2. The molecule has 1 aliphatic carbocycles. The lowest BCUT2D eigenvalue weighted by atomic mass is 9.80. The molecule has 1 saturated carbocycles. The number of benzene rings is 2. The van der Waals surface area contributed by atoms with Crippen molar-refractivity contribution >= 4 is 17.5 Å². The van der Waals surface area contributed by atoms with Gasteiger partial charge in [-0.15, -0.1) is 0 Å². The molecule has 4 nitrogen and oxygen atoms in total. The molecule has 0 N–H and O–H groups in total. The van der Waals surface area contributed by atoms with E-state index in [9.17, 15) is 14.4 Å². The Morgan fingerprint density at radius 1 is 0.900 bits per heavy atom. The van der Waals surface area contributed by atoms with E-state index in [1.54, 1.807) is 0 Å². The Hall–Kier alpha value is -2.75. The standard InChI is InChI=1S/C26H28O4/c27-24(21(20-14-8-3-9-15-20)16-18-10-4-1-5-11-18)23-25(28)22(30-26(23)29)17-19-12-6-2-7-13-19/h1,3-5,8-11,14-15,19,21-23H,2,6-7,12-13,16-17H2. The quantitative estimate of drug-likeness (QED) is 0.497. The SMILES string of the molecule is O=C1OC(CC2CCCCC2)C(=O)C1C(=O)C(Cc1ccccc1)c1ccccc1. The van der Waals surface area contributed by atoms with E-state index in [1.165, 1.54) is 6.42 Å². The second-order valence-corrected chi connectivity index (χ2v) is 8.56. The van der Waals surface area contributed by atoms with E-state index >= 15 is 0 Å². The van der Waals surface area contributed by atoms with Crippen LogP contribution in [0.3, 0.4) is 0 Å². The van der Waals surface area contributed by atoms with Crippen molar-refractivity contribution in [2.45, 2.75) is 57.0 Å². The van der Waals surface area contributed by atoms with Gasteiger partial charge in [-0.3, -0.25) is 14.4 Å². The zero-order chi connectivity index (χ0) is 20.9. The van der Waals surface area contributed by atoms with Crippen LogP contribution in [0.4, 0.5) is 0 Å². The van der Waals surface area contributed by atoms with Gasteiger partial charge in [0.1, 0.15) is 0 Å². The highest BCUT2D eigenvalue weighted by Crippen LogP contribution is 2.34. The molecule has 2 aromatic carbocycles. The van der Waals surface area contributed by atoms with Gasteiger partial charge in [-0.1, -0.05) is 92.8 Å². The van der Waals surface area contributed by atoms with Crippen molar-refractivity contribution in [3.8, 4) is 0 Å². The number of ketones is 2. The van der Waals surface area contributed by atoms with Gasteiger partial charge in [0.25, 0.3) is 0 Å². The first kappa shape index (κ1) is 20.5. The Bertz CT molecular complexity index is 884. The van der Waals surface area contributed by atoms with Gasteiger partial charge in [-0.2, -0.15) is 0 Å². The third-order valence-corrected chi connectivity index (χ3v) is 6.48. The molecule has 30 heavy (non-hydrogen) atoms. The maximum absolute atomic E-state index is 13.5. The van der Waals surface area contributed by atoms with Crippen LogP contribution in [0, 0.1) is 11.8 Å². The first-order valence-electron chi connectivity index (χ1n) is 11.0. The van der Waals surface area contributed by atoms with Crippen LogP contribution >= 0.6 is 0 Å². The van der Waals surface area contributed by atoms with Crippen molar-refractivity contribution in [2.24, 2.45) is 11.8 Å². The zero-order valence-corrected chi connectivity index (χ0v) is 17.2. The van der Waals surface area contributed by atoms with Gasteiger partial charge in [0, 0.05) is 5.92 Å². The molecule has 1 saturated heterocycles. The summed E-state index contributed by atoms with van der Waals surface area (Å²) in [4.78, 5) is 39.1. The molecule has 156 valence electrons. The number of carbonyl (C=O) groups excluding carboxylic acids is 3. The Balaban J connectivity index is 1.54. The molecule has 0 spiro atoms. The van der Waals surface area contributed by atoms with Gasteiger partial charge in [0.15, 0.2) is 23.6 Å². The molecule has 0 amide bonds. The fourth-order valence-electron chi connectivity index (χ4n) is 4.83. The molecule has 1 heterocycles. The van der Waals surface area contributed by atoms with Crippen LogP contribution in [0.1, 0.15) is 55.6 Å². The van der Waals surface area contributed by atoms with Crippen molar-refractivity contribution < 1.29 is 19.1 Å². The topological polar surface area (TPSA) is 60.4 Å². The predicted molar refractivity (Wildman–Crippen MR) is 114 cm³/mol. The lowest BCUT2D eigenvalue weighted by Gasteiger charge is -2.23. The average Bonchev–Trinajstić information content (AvgIpc) is 3.06. The predicted octanol–water partition coefficient (Wildman–Crippen LogP) is 4.66. The summed E-state index contributed by atoms with van der Waals surface area (Å²) in [6.45, 7) is 0. The largest absolute Gasteiger partial charge is 0.453 e. The molecule has 0 aromatic heterocycles.